The molecule has 0 saturated heterocycles. The van der Waals surface area contributed by atoms with Gasteiger partial charge in [-0.1, -0.05) is 44.2 Å². The summed E-state index contributed by atoms with van der Waals surface area (Å²) in [5.74, 6) is 0.334. The van der Waals surface area contributed by atoms with Gasteiger partial charge < -0.3 is 5.11 Å². The number of aromatic hydroxyl groups is 1. The van der Waals surface area contributed by atoms with E-state index in [2.05, 4.69) is 10.5 Å². The van der Waals surface area contributed by atoms with Crippen molar-refractivity contribution in [3.63, 3.8) is 0 Å². The van der Waals surface area contributed by atoms with Crippen LogP contribution in [0.2, 0.25) is 0 Å². The van der Waals surface area contributed by atoms with Gasteiger partial charge in [-0.25, -0.2) is 5.43 Å². The summed E-state index contributed by atoms with van der Waals surface area (Å²) in [6, 6.07) is 11.2. The first kappa shape index (κ1) is 14.1. The number of hydrazone groups is 1. The maximum absolute atomic E-state index is 11.5. The third kappa shape index (κ3) is 3.35. The number of rotatable bonds is 4. The van der Waals surface area contributed by atoms with Crippen LogP contribution in [0.3, 0.4) is 0 Å². The van der Waals surface area contributed by atoms with E-state index in [1.54, 1.807) is 6.07 Å². The highest BCUT2D eigenvalue weighted by Gasteiger charge is 2.05. The Labute approximate surface area is 118 Å². The molecule has 1 amide bonds. The minimum Gasteiger partial charge on any atom is -0.507 e. The summed E-state index contributed by atoms with van der Waals surface area (Å²) >= 11 is 0. The molecule has 2 aromatic rings. The van der Waals surface area contributed by atoms with Crippen LogP contribution in [0.5, 0.6) is 5.75 Å². The standard InChI is InChI=1S/C16H18N2O2/c1-11(2)9-15(19)18-17-10-13-8-7-12-5-3-4-6-14(12)16(13)20/h3-8,10-11,20H,9H2,1-2H3,(H,18,19). The van der Waals surface area contributed by atoms with Gasteiger partial charge in [0.25, 0.3) is 0 Å². The summed E-state index contributed by atoms with van der Waals surface area (Å²) in [5, 5.41) is 15.8. The van der Waals surface area contributed by atoms with Crippen LogP contribution in [0.4, 0.5) is 0 Å². The minimum absolute atomic E-state index is 0.128. The van der Waals surface area contributed by atoms with Crippen molar-refractivity contribution in [2.75, 3.05) is 0 Å². The number of hydrogen-bond acceptors (Lipinski definition) is 3. The molecule has 0 unspecified atom stereocenters. The monoisotopic (exact) mass is 270 g/mol. The second kappa shape index (κ2) is 6.19. The van der Waals surface area contributed by atoms with Gasteiger partial charge in [0, 0.05) is 17.4 Å². The number of carbonyl (C=O) groups is 1. The lowest BCUT2D eigenvalue weighted by molar-refractivity contribution is -0.121. The highest BCUT2D eigenvalue weighted by molar-refractivity contribution is 5.97. The Bertz CT molecular complexity index is 648. The molecule has 0 aromatic heterocycles. The number of nitrogens with one attached hydrogen (secondary N) is 1. The van der Waals surface area contributed by atoms with E-state index in [1.165, 1.54) is 6.21 Å². The van der Waals surface area contributed by atoms with Crippen molar-refractivity contribution in [3.8, 4) is 5.75 Å². The van der Waals surface area contributed by atoms with E-state index in [1.807, 2.05) is 44.2 Å². The van der Waals surface area contributed by atoms with Crippen molar-refractivity contribution in [2.45, 2.75) is 20.3 Å². The largest absolute Gasteiger partial charge is 0.507 e. The fourth-order valence-corrected chi connectivity index (χ4v) is 1.97. The van der Waals surface area contributed by atoms with E-state index in [-0.39, 0.29) is 11.7 Å². The second-order valence-electron chi connectivity index (χ2n) is 5.12. The molecule has 2 rings (SSSR count). The lowest BCUT2D eigenvalue weighted by Gasteiger charge is -2.05. The van der Waals surface area contributed by atoms with Crippen molar-refractivity contribution in [3.05, 3.63) is 42.0 Å². The van der Waals surface area contributed by atoms with Gasteiger partial charge in [-0.3, -0.25) is 4.79 Å². The van der Waals surface area contributed by atoms with Crippen molar-refractivity contribution >= 4 is 22.9 Å². The average Bonchev–Trinajstić information content (AvgIpc) is 2.41. The number of hydrogen-bond donors (Lipinski definition) is 2. The van der Waals surface area contributed by atoms with Crippen LogP contribution in [0, 0.1) is 5.92 Å². The summed E-state index contributed by atoms with van der Waals surface area (Å²) in [6.45, 7) is 3.94. The smallest absolute Gasteiger partial charge is 0.240 e. The van der Waals surface area contributed by atoms with E-state index >= 15 is 0 Å². The molecule has 0 spiro atoms. The van der Waals surface area contributed by atoms with Gasteiger partial charge in [0.15, 0.2) is 0 Å². The fourth-order valence-electron chi connectivity index (χ4n) is 1.97. The first-order valence-corrected chi connectivity index (χ1v) is 6.60. The molecule has 0 aliphatic heterocycles. The van der Waals surface area contributed by atoms with Crippen molar-refractivity contribution < 1.29 is 9.90 Å². The lowest BCUT2D eigenvalue weighted by Crippen LogP contribution is -2.19. The number of phenols is 1. The Kier molecular flexibility index (Phi) is 4.35. The summed E-state index contributed by atoms with van der Waals surface area (Å²) < 4.78 is 0. The molecule has 4 nitrogen and oxygen atoms in total. The van der Waals surface area contributed by atoms with E-state index < -0.39 is 0 Å². The molecule has 0 aliphatic rings. The van der Waals surface area contributed by atoms with E-state index in [9.17, 15) is 9.90 Å². The van der Waals surface area contributed by atoms with E-state index in [4.69, 9.17) is 0 Å². The number of fused-ring (bicyclic) bond motifs is 1. The van der Waals surface area contributed by atoms with Crippen molar-refractivity contribution in [1.29, 1.82) is 0 Å². The molecule has 2 aromatic carbocycles. The molecule has 0 fully saturated rings. The number of benzene rings is 2. The van der Waals surface area contributed by atoms with Crippen LogP contribution in [0.15, 0.2) is 41.5 Å². The molecule has 0 saturated carbocycles. The maximum Gasteiger partial charge on any atom is 0.240 e. The van der Waals surface area contributed by atoms with Gasteiger partial charge >= 0.3 is 0 Å². The Morgan fingerprint density at radius 3 is 2.80 bits per heavy atom. The Hall–Kier alpha value is -2.36. The molecule has 2 N–H and O–H groups in total. The van der Waals surface area contributed by atoms with Gasteiger partial charge in [-0.15, -0.1) is 0 Å². The van der Waals surface area contributed by atoms with Gasteiger partial charge in [0.1, 0.15) is 5.75 Å². The van der Waals surface area contributed by atoms with Crippen molar-refractivity contribution in [2.24, 2.45) is 11.0 Å². The molecule has 0 atom stereocenters. The van der Waals surface area contributed by atoms with Gasteiger partial charge in [-0.2, -0.15) is 5.10 Å². The predicted molar refractivity (Wildman–Crippen MR) is 80.8 cm³/mol. The summed E-state index contributed by atoms with van der Waals surface area (Å²) in [4.78, 5) is 11.5. The summed E-state index contributed by atoms with van der Waals surface area (Å²) in [7, 11) is 0. The molecular formula is C16H18N2O2. The third-order valence-corrected chi connectivity index (χ3v) is 2.92. The van der Waals surface area contributed by atoms with Crippen LogP contribution < -0.4 is 5.43 Å². The quantitative estimate of drug-likeness (QED) is 0.662. The van der Waals surface area contributed by atoms with Crippen LogP contribution in [0.1, 0.15) is 25.8 Å². The molecule has 0 aliphatic carbocycles. The number of carbonyl (C=O) groups excluding carboxylic acids is 1. The molecule has 4 heteroatoms. The Morgan fingerprint density at radius 1 is 1.30 bits per heavy atom. The van der Waals surface area contributed by atoms with Gasteiger partial charge in [0.05, 0.1) is 6.21 Å². The Balaban J connectivity index is 2.14. The van der Waals surface area contributed by atoms with Gasteiger partial charge in [-0.05, 0) is 17.4 Å². The highest BCUT2D eigenvalue weighted by Crippen LogP contribution is 2.27. The molecule has 0 heterocycles. The SMILES string of the molecule is CC(C)CC(=O)NN=Cc1ccc2ccccc2c1O. The van der Waals surface area contributed by atoms with Crippen LogP contribution in [-0.2, 0) is 4.79 Å². The maximum atomic E-state index is 11.5. The normalized spacial score (nSPS) is 11.3. The molecule has 20 heavy (non-hydrogen) atoms. The Morgan fingerprint density at radius 2 is 2.05 bits per heavy atom. The zero-order valence-electron chi connectivity index (χ0n) is 11.6. The van der Waals surface area contributed by atoms with E-state index in [0.717, 1.165) is 10.8 Å². The highest BCUT2D eigenvalue weighted by atomic mass is 16.3. The summed E-state index contributed by atoms with van der Waals surface area (Å²) in [5.41, 5.74) is 3.03. The summed E-state index contributed by atoms with van der Waals surface area (Å²) in [6.07, 6.45) is 1.89. The number of nitrogens with zero attached hydrogens (tertiary/aromatic N) is 1. The predicted octanol–water partition coefficient (Wildman–Crippen LogP) is 3.04. The molecule has 0 radical (unpaired) electrons. The fraction of sp³-hybridized carbons (Fsp3) is 0.250. The molecular weight excluding hydrogens is 252 g/mol. The minimum atomic E-state index is -0.128. The zero-order valence-corrected chi connectivity index (χ0v) is 11.6. The molecule has 0 bridgehead atoms. The topological polar surface area (TPSA) is 61.7 Å². The molecule has 104 valence electrons. The first-order valence-electron chi connectivity index (χ1n) is 6.60. The third-order valence-electron chi connectivity index (χ3n) is 2.92. The van der Waals surface area contributed by atoms with E-state index in [0.29, 0.717) is 17.9 Å². The zero-order chi connectivity index (χ0) is 14.5. The second-order valence-corrected chi connectivity index (χ2v) is 5.12. The van der Waals surface area contributed by atoms with Crippen LogP contribution in [0.25, 0.3) is 10.8 Å². The average molecular weight is 270 g/mol. The first-order chi connectivity index (χ1) is 9.58. The van der Waals surface area contributed by atoms with Crippen LogP contribution in [-0.4, -0.2) is 17.2 Å². The van der Waals surface area contributed by atoms with Crippen LogP contribution >= 0.6 is 0 Å². The number of amides is 1. The number of phenolic OH excluding ortho intramolecular Hbond substituents is 1. The van der Waals surface area contributed by atoms with Gasteiger partial charge in [0.2, 0.25) is 5.91 Å². The lowest BCUT2D eigenvalue weighted by atomic mass is 10.1. The van der Waals surface area contributed by atoms with Crippen molar-refractivity contribution in [1.82, 2.24) is 5.43 Å².